The van der Waals surface area contributed by atoms with Gasteiger partial charge in [-0.25, -0.2) is 8.78 Å². The lowest BCUT2D eigenvalue weighted by Crippen LogP contribution is -2.64. The van der Waals surface area contributed by atoms with Gasteiger partial charge in [0.25, 0.3) is 5.91 Å². The van der Waals surface area contributed by atoms with Crippen molar-refractivity contribution < 1.29 is 31.9 Å². The molecule has 3 unspecified atom stereocenters. The summed E-state index contributed by atoms with van der Waals surface area (Å²) >= 11 is 0. The number of halogens is 5. The van der Waals surface area contributed by atoms with E-state index in [1.54, 1.807) is 0 Å². The summed E-state index contributed by atoms with van der Waals surface area (Å²) in [5.74, 6) is -4.89. The normalized spacial score (nSPS) is 23.5. The van der Waals surface area contributed by atoms with E-state index in [2.05, 4.69) is 0 Å². The van der Waals surface area contributed by atoms with Gasteiger partial charge in [0.05, 0.1) is 6.04 Å². The van der Waals surface area contributed by atoms with Crippen molar-refractivity contribution in [1.82, 2.24) is 9.58 Å². The number of benzene rings is 1. The van der Waals surface area contributed by atoms with Crippen molar-refractivity contribution in [3.05, 3.63) is 63.6 Å². The van der Waals surface area contributed by atoms with Crippen LogP contribution in [0.1, 0.15) is 41.4 Å². The van der Waals surface area contributed by atoms with Gasteiger partial charge in [-0.15, -0.1) is 0 Å². The van der Waals surface area contributed by atoms with Crippen molar-refractivity contribution in [2.45, 2.75) is 37.6 Å². The fourth-order valence-electron chi connectivity index (χ4n) is 4.59. The highest BCUT2D eigenvalue weighted by molar-refractivity contribution is 5.96. The molecule has 4 rings (SSSR count). The first-order chi connectivity index (χ1) is 14.5. The zero-order valence-electron chi connectivity index (χ0n) is 16.2. The van der Waals surface area contributed by atoms with Gasteiger partial charge in [0.2, 0.25) is 5.43 Å². The van der Waals surface area contributed by atoms with Crippen molar-refractivity contribution >= 4 is 5.91 Å². The van der Waals surface area contributed by atoms with Crippen LogP contribution in [0.3, 0.4) is 0 Å². The number of fused-ring (bicyclic) bond motifs is 3. The van der Waals surface area contributed by atoms with Gasteiger partial charge in [-0.3, -0.25) is 19.3 Å². The molecule has 0 aliphatic carbocycles. The average Bonchev–Trinajstić information content (AvgIpc) is 2.68. The molecule has 1 N–H and O–H groups in total. The molecule has 3 heterocycles. The molecule has 1 amide bonds. The molecule has 31 heavy (non-hydrogen) atoms. The van der Waals surface area contributed by atoms with E-state index >= 15 is 0 Å². The maximum atomic E-state index is 14.8. The van der Waals surface area contributed by atoms with E-state index in [4.69, 9.17) is 0 Å². The number of nitrogens with zero attached hydrogens (tertiary/aromatic N) is 3. The van der Waals surface area contributed by atoms with Gasteiger partial charge >= 0.3 is 6.18 Å². The number of hydrogen-bond donors (Lipinski definition) is 1. The van der Waals surface area contributed by atoms with E-state index in [-0.39, 0.29) is 12.8 Å². The largest absolute Gasteiger partial charge is 0.502 e. The highest BCUT2D eigenvalue weighted by Gasteiger charge is 2.50. The lowest BCUT2D eigenvalue weighted by molar-refractivity contribution is -0.150. The summed E-state index contributed by atoms with van der Waals surface area (Å²) in [4.78, 5) is 25.8. The van der Waals surface area contributed by atoms with Crippen molar-refractivity contribution in [2.24, 2.45) is 5.92 Å². The Morgan fingerprint density at radius 3 is 2.35 bits per heavy atom. The Kier molecular flexibility index (Phi) is 4.94. The summed E-state index contributed by atoms with van der Waals surface area (Å²) < 4.78 is 70.6. The highest BCUT2D eigenvalue weighted by atomic mass is 19.4. The lowest BCUT2D eigenvalue weighted by Gasteiger charge is -2.54. The minimum atomic E-state index is -4.59. The summed E-state index contributed by atoms with van der Waals surface area (Å²) in [6, 6.07) is 2.51. The zero-order valence-corrected chi connectivity index (χ0v) is 16.2. The van der Waals surface area contributed by atoms with E-state index in [1.165, 1.54) is 12.1 Å². The number of piperidine rings is 1. The third-order valence-corrected chi connectivity index (χ3v) is 5.89. The van der Waals surface area contributed by atoms with Crippen molar-refractivity contribution in [3.63, 3.8) is 0 Å². The van der Waals surface area contributed by atoms with Crippen LogP contribution in [-0.2, 0) is 0 Å². The first kappa shape index (κ1) is 21.1. The van der Waals surface area contributed by atoms with Crippen LogP contribution in [0.2, 0.25) is 0 Å². The number of carbonyl (C=O) groups is 1. The molecule has 2 aliphatic heterocycles. The second kappa shape index (κ2) is 7.24. The molecule has 166 valence electrons. The molecule has 1 saturated heterocycles. The molecule has 1 fully saturated rings. The number of hydrogen-bond acceptors (Lipinski definition) is 4. The molecule has 0 radical (unpaired) electrons. The molecule has 2 aliphatic rings. The minimum absolute atomic E-state index is 0.0434. The van der Waals surface area contributed by atoms with Crippen LogP contribution < -0.4 is 10.4 Å². The van der Waals surface area contributed by atoms with Gasteiger partial charge in [0.15, 0.2) is 11.4 Å². The number of aromatic nitrogens is 1. The zero-order chi connectivity index (χ0) is 22.7. The number of carbonyl (C=O) groups excluding carboxylic acids is 1. The van der Waals surface area contributed by atoms with E-state index in [0.717, 1.165) is 40.0 Å². The number of pyridine rings is 1. The molecule has 0 saturated carbocycles. The molecular weight excluding hydrogens is 425 g/mol. The number of rotatable bonds is 2. The average molecular weight is 443 g/mol. The first-order valence-corrected chi connectivity index (χ1v) is 9.52. The van der Waals surface area contributed by atoms with Gasteiger partial charge in [-0.05, 0) is 30.9 Å². The van der Waals surface area contributed by atoms with Crippen LogP contribution in [0.25, 0.3) is 0 Å². The smallest absolute Gasteiger partial charge is 0.389 e. The summed E-state index contributed by atoms with van der Waals surface area (Å²) in [6.45, 7) is 0. The van der Waals surface area contributed by atoms with E-state index < -0.39 is 70.7 Å². The van der Waals surface area contributed by atoms with Crippen LogP contribution in [0.4, 0.5) is 22.0 Å². The van der Waals surface area contributed by atoms with Crippen LogP contribution in [0.15, 0.2) is 35.3 Å². The SMILES string of the molecule is CN1C(=O)c2c(O)c(=O)ccn2N2C(c3c(F)cccc3F)C(CC(F)(F)F)CCC12. The minimum Gasteiger partial charge on any atom is -0.502 e. The van der Waals surface area contributed by atoms with Crippen LogP contribution in [-0.4, -0.2) is 40.0 Å². The Bertz CT molecular complexity index is 1080. The molecule has 1 aromatic heterocycles. The summed E-state index contributed by atoms with van der Waals surface area (Å²) in [5, 5.41) is 11.5. The number of amides is 1. The Hall–Kier alpha value is -3.11. The third-order valence-electron chi connectivity index (χ3n) is 5.89. The summed E-state index contributed by atoms with van der Waals surface area (Å²) in [7, 11) is 1.36. The van der Waals surface area contributed by atoms with E-state index in [1.807, 2.05) is 0 Å². The molecule has 11 heteroatoms. The molecule has 0 spiro atoms. The number of alkyl halides is 3. The Morgan fingerprint density at radius 1 is 1.10 bits per heavy atom. The molecule has 3 atom stereocenters. The van der Waals surface area contributed by atoms with Gasteiger partial charge < -0.3 is 10.0 Å². The second-order valence-electron chi connectivity index (χ2n) is 7.74. The molecule has 1 aromatic carbocycles. The lowest BCUT2D eigenvalue weighted by atomic mass is 9.81. The molecule has 2 aromatic rings. The summed E-state index contributed by atoms with van der Waals surface area (Å²) in [5.41, 5.74) is -1.89. The highest BCUT2D eigenvalue weighted by Crippen LogP contribution is 2.46. The van der Waals surface area contributed by atoms with Gasteiger partial charge in [-0.1, -0.05) is 6.07 Å². The van der Waals surface area contributed by atoms with E-state index in [0.29, 0.717) is 0 Å². The quantitative estimate of drug-likeness (QED) is 0.724. The first-order valence-electron chi connectivity index (χ1n) is 9.52. The topological polar surface area (TPSA) is 65.8 Å². The summed E-state index contributed by atoms with van der Waals surface area (Å²) in [6.07, 6.45) is -5.55. The maximum absolute atomic E-state index is 14.8. The predicted octanol–water partition coefficient (Wildman–Crippen LogP) is 3.29. The van der Waals surface area contributed by atoms with Crippen molar-refractivity contribution in [1.29, 1.82) is 0 Å². The predicted molar refractivity (Wildman–Crippen MR) is 99.0 cm³/mol. The molecule has 0 bridgehead atoms. The van der Waals surface area contributed by atoms with Crippen LogP contribution in [0.5, 0.6) is 5.75 Å². The number of aromatic hydroxyl groups is 1. The van der Waals surface area contributed by atoms with E-state index in [9.17, 15) is 36.6 Å². The Morgan fingerprint density at radius 2 is 1.74 bits per heavy atom. The van der Waals surface area contributed by atoms with Crippen molar-refractivity contribution in [2.75, 3.05) is 12.1 Å². The maximum Gasteiger partial charge on any atom is 0.389 e. The standard InChI is InChI=1S/C20H18F5N3O3/c1-26-14-6-5-10(9-20(23,24)25)16(15-11(21)3-2-4-12(15)22)28(14)27-8-7-13(29)18(30)17(27)19(26)31/h2-4,7-8,10,14,16,30H,5-6,9H2,1H3. The fraction of sp³-hybridized carbons (Fsp3) is 0.400. The van der Waals surface area contributed by atoms with Gasteiger partial charge in [-0.2, -0.15) is 13.2 Å². The van der Waals surface area contributed by atoms with Crippen LogP contribution >= 0.6 is 0 Å². The fourth-order valence-corrected chi connectivity index (χ4v) is 4.59. The molecule has 6 nitrogen and oxygen atoms in total. The third kappa shape index (κ3) is 3.41. The van der Waals surface area contributed by atoms with Gasteiger partial charge in [0, 0.05) is 31.3 Å². The van der Waals surface area contributed by atoms with Gasteiger partial charge in [0.1, 0.15) is 17.8 Å². The van der Waals surface area contributed by atoms with Crippen molar-refractivity contribution in [3.8, 4) is 5.75 Å². The Labute approximate surface area is 173 Å². The Balaban J connectivity index is 1.98. The molecular formula is C20H18F5N3O3. The monoisotopic (exact) mass is 443 g/mol. The second-order valence-corrected chi connectivity index (χ2v) is 7.74. The van der Waals surface area contributed by atoms with Crippen LogP contribution in [0, 0.1) is 17.6 Å².